The SMILES string of the molecule is Cn1c(=O)c2c(c3cc(Nc4nc(N5CCCC(O)C5)ncc4Cl)ccc31)NC(C1CC1)C(F)(F)CO2. The summed E-state index contributed by atoms with van der Waals surface area (Å²) >= 11 is 6.39. The molecule has 0 spiro atoms. The summed E-state index contributed by atoms with van der Waals surface area (Å²) in [5.74, 6) is -2.57. The summed E-state index contributed by atoms with van der Waals surface area (Å²) in [6.45, 7) is 0.319. The number of pyridine rings is 1. The molecule has 1 saturated heterocycles. The number of piperidine rings is 1. The van der Waals surface area contributed by atoms with Crippen molar-refractivity contribution in [1.29, 1.82) is 0 Å². The summed E-state index contributed by atoms with van der Waals surface area (Å²) in [5, 5.41) is 17.1. The van der Waals surface area contributed by atoms with Gasteiger partial charge in [-0.2, -0.15) is 4.98 Å². The molecule has 0 amide bonds. The minimum atomic E-state index is -3.11. The monoisotopic (exact) mass is 532 g/mol. The van der Waals surface area contributed by atoms with Crippen LogP contribution in [0.3, 0.4) is 0 Å². The van der Waals surface area contributed by atoms with E-state index in [9.17, 15) is 18.7 Å². The highest BCUT2D eigenvalue weighted by atomic mass is 35.5. The second kappa shape index (κ2) is 8.98. The standard InChI is InChI=1S/C25H27ClF2N6O3/c1-33-18-7-6-14(30-22-17(26)10-29-24(32-22)34-8-2-3-15(35)11-34)9-16(18)19-20(23(33)36)37-12-25(27,28)21(31-19)13-4-5-13/h6-7,9-10,13,15,21,31,35H,2-5,8,11-12H2,1H3,(H,29,30,32). The van der Waals surface area contributed by atoms with Crippen LogP contribution in [0.25, 0.3) is 10.9 Å². The number of nitrogens with zero attached hydrogens (tertiary/aromatic N) is 4. The van der Waals surface area contributed by atoms with Gasteiger partial charge in [-0.25, -0.2) is 13.8 Å². The van der Waals surface area contributed by atoms with Gasteiger partial charge in [0.1, 0.15) is 5.02 Å². The molecular formula is C25H27ClF2N6O3. The molecule has 6 rings (SSSR count). The Labute approximate surface area is 216 Å². The van der Waals surface area contributed by atoms with Gasteiger partial charge in [0.15, 0.2) is 12.4 Å². The van der Waals surface area contributed by atoms with Crippen molar-refractivity contribution in [3.63, 3.8) is 0 Å². The number of hydrogen-bond donors (Lipinski definition) is 3. The van der Waals surface area contributed by atoms with Gasteiger partial charge in [-0.05, 0) is 49.8 Å². The van der Waals surface area contributed by atoms with Crippen molar-refractivity contribution in [2.24, 2.45) is 13.0 Å². The van der Waals surface area contributed by atoms with Gasteiger partial charge >= 0.3 is 5.92 Å². The van der Waals surface area contributed by atoms with Gasteiger partial charge in [0, 0.05) is 31.2 Å². The zero-order valence-electron chi connectivity index (χ0n) is 20.2. The van der Waals surface area contributed by atoms with Crippen molar-refractivity contribution in [1.82, 2.24) is 14.5 Å². The van der Waals surface area contributed by atoms with Crippen LogP contribution in [-0.2, 0) is 7.05 Å². The van der Waals surface area contributed by atoms with E-state index in [2.05, 4.69) is 20.6 Å². The number of halogens is 3. The minimum absolute atomic E-state index is 0.110. The Morgan fingerprint density at radius 1 is 1.30 bits per heavy atom. The molecule has 2 aromatic heterocycles. The lowest BCUT2D eigenvalue weighted by molar-refractivity contribution is -0.0579. The first-order chi connectivity index (χ1) is 17.7. The minimum Gasteiger partial charge on any atom is -0.480 e. The van der Waals surface area contributed by atoms with Crippen LogP contribution in [0.4, 0.5) is 31.9 Å². The number of benzene rings is 1. The second-order valence-corrected chi connectivity index (χ2v) is 10.5. The fourth-order valence-electron chi connectivity index (χ4n) is 5.16. The van der Waals surface area contributed by atoms with Crippen LogP contribution in [0.2, 0.25) is 5.02 Å². The van der Waals surface area contributed by atoms with Gasteiger partial charge in [-0.15, -0.1) is 0 Å². The summed E-state index contributed by atoms with van der Waals surface area (Å²) in [6, 6.07) is 4.16. The van der Waals surface area contributed by atoms with Crippen LogP contribution in [0.5, 0.6) is 5.75 Å². The number of hydrogen-bond acceptors (Lipinski definition) is 8. The van der Waals surface area contributed by atoms with Gasteiger partial charge in [0.2, 0.25) is 11.7 Å². The molecular weight excluding hydrogens is 506 g/mol. The topological polar surface area (TPSA) is 105 Å². The number of anilines is 4. The number of rotatable bonds is 4. The first-order valence-electron chi connectivity index (χ1n) is 12.4. The quantitative estimate of drug-likeness (QED) is 0.465. The van der Waals surface area contributed by atoms with Gasteiger partial charge in [0.25, 0.3) is 5.56 Å². The van der Waals surface area contributed by atoms with E-state index in [0.717, 1.165) is 19.4 Å². The predicted octanol–water partition coefficient (Wildman–Crippen LogP) is 3.90. The molecule has 196 valence electrons. The zero-order chi connectivity index (χ0) is 25.9. The molecule has 3 N–H and O–H groups in total. The Kier molecular flexibility index (Phi) is 5.87. The van der Waals surface area contributed by atoms with Crippen molar-refractivity contribution < 1.29 is 18.6 Å². The highest BCUT2D eigenvalue weighted by Gasteiger charge is 2.51. The maximum absolute atomic E-state index is 14.9. The molecule has 0 bridgehead atoms. The molecule has 4 heterocycles. The van der Waals surface area contributed by atoms with E-state index in [1.54, 1.807) is 25.2 Å². The van der Waals surface area contributed by atoms with Gasteiger partial charge in [-0.1, -0.05) is 11.6 Å². The van der Waals surface area contributed by atoms with Gasteiger partial charge in [-0.3, -0.25) is 4.79 Å². The second-order valence-electron chi connectivity index (χ2n) is 10.0. The Morgan fingerprint density at radius 2 is 2.11 bits per heavy atom. The van der Waals surface area contributed by atoms with E-state index in [0.29, 0.717) is 52.8 Å². The van der Waals surface area contributed by atoms with Crippen molar-refractivity contribution in [2.75, 3.05) is 35.2 Å². The number of aryl methyl sites for hydroxylation is 1. The maximum atomic E-state index is 14.9. The van der Waals surface area contributed by atoms with Crippen LogP contribution in [0.1, 0.15) is 25.7 Å². The molecule has 3 aliphatic rings. The van der Waals surface area contributed by atoms with Crippen molar-refractivity contribution in [3.8, 4) is 5.75 Å². The van der Waals surface area contributed by atoms with Crippen molar-refractivity contribution >= 4 is 45.6 Å². The number of ether oxygens (including phenoxy) is 1. The fourth-order valence-corrected chi connectivity index (χ4v) is 5.30. The number of fused-ring (bicyclic) bond motifs is 3. The molecule has 2 atom stereocenters. The van der Waals surface area contributed by atoms with Crippen molar-refractivity contribution in [2.45, 2.75) is 43.8 Å². The van der Waals surface area contributed by atoms with Crippen molar-refractivity contribution in [3.05, 3.63) is 39.8 Å². The Balaban J connectivity index is 1.39. The van der Waals surface area contributed by atoms with E-state index in [1.807, 2.05) is 4.90 Å². The zero-order valence-corrected chi connectivity index (χ0v) is 20.9. The average molecular weight is 533 g/mol. The van der Waals surface area contributed by atoms with E-state index < -0.39 is 30.2 Å². The molecule has 2 unspecified atom stereocenters. The van der Waals surface area contributed by atoms with E-state index in [4.69, 9.17) is 16.3 Å². The lowest BCUT2D eigenvalue weighted by atomic mass is 10.0. The van der Waals surface area contributed by atoms with E-state index in [-0.39, 0.29) is 17.4 Å². The molecule has 1 saturated carbocycles. The lowest BCUT2D eigenvalue weighted by Gasteiger charge is -2.30. The van der Waals surface area contributed by atoms with Gasteiger partial charge < -0.3 is 29.9 Å². The molecule has 0 radical (unpaired) electrons. The first-order valence-corrected chi connectivity index (χ1v) is 12.8. The third kappa shape index (κ3) is 4.44. The van der Waals surface area contributed by atoms with Crippen LogP contribution in [0, 0.1) is 5.92 Å². The number of aliphatic hydroxyl groups is 1. The number of aromatic nitrogens is 3. The largest absolute Gasteiger partial charge is 0.480 e. The van der Waals surface area contributed by atoms with Gasteiger partial charge in [0.05, 0.1) is 29.5 Å². The highest BCUT2D eigenvalue weighted by molar-refractivity contribution is 6.32. The molecule has 2 aliphatic heterocycles. The molecule has 1 aliphatic carbocycles. The smallest absolute Gasteiger partial charge is 0.301 e. The number of aliphatic hydroxyl groups excluding tert-OH is 1. The molecule has 12 heteroatoms. The normalized spacial score (nSPS) is 23.1. The molecule has 3 aromatic rings. The molecule has 2 fully saturated rings. The van der Waals surface area contributed by atoms with Crippen LogP contribution in [-0.4, -0.2) is 57.4 Å². The lowest BCUT2D eigenvalue weighted by Crippen LogP contribution is -2.44. The summed E-state index contributed by atoms with van der Waals surface area (Å²) in [4.78, 5) is 23.8. The molecule has 37 heavy (non-hydrogen) atoms. The summed E-state index contributed by atoms with van der Waals surface area (Å²) < 4.78 is 36.6. The highest BCUT2D eigenvalue weighted by Crippen LogP contribution is 2.45. The number of β-amino-alcohol motifs (C(OH)–C–C–N with tert-alkyl or cyclic N) is 1. The maximum Gasteiger partial charge on any atom is 0.301 e. The summed E-state index contributed by atoms with van der Waals surface area (Å²) in [7, 11) is 1.59. The van der Waals surface area contributed by atoms with Crippen LogP contribution < -0.4 is 25.8 Å². The van der Waals surface area contributed by atoms with E-state index >= 15 is 0 Å². The number of nitrogens with one attached hydrogen (secondary N) is 2. The Hall–Kier alpha value is -3.18. The average Bonchev–Trinajstić information content (AvgIpc) is 3.71. The third-order valence-electron chi connectivity index (χ3n) is 7.28. The first kappa shape index (κ1) is 24.2. The van der Waals surface area contributed by atoms with E-state index in [1.165, 1.54) is 10.8 Å². The predicted molar refractivity (Wildman–Crippen MR) is 138 cm³/mol. The summed E-state index contributed by atoms with van der Waals surface area (Å²) in [5.41, 5.74) is 0.962. The number of alkyl halides is 2. The molecule has 1 aromatic carbocycles. The van der Waals surface area contributed by atoms with Crippen LogP contribution >= 0.6 is 11.6 Å². The Bertz CT molecular complexity index is 1430. The third-order valence-corrected chi connectivity index (χ3v) is 7.56. The fraction of sp³-hybridized carbons (Fsp3) is 0.480. The summed E-state index contributed by atoms with van der Waals surface area (Å²) in [6.07, 6.45) is 4.06. The Morgan fingerprint density at radius 3 is 2.86 bits per heavy atom. The molecule has 9 nitrogen and oxygen atoms in total. The van der Waals surface area contributed by atoms with Crippen LogP contribution in [0.15, 0.2) is 29.2 Å².